The van der Waals surface area contributed by atoms with Gasteiger partial charge in [-0.3, -0.25) is 0 Å². The zero-order valence-electron chi connectivity index (χ0n) is 23.6. The number of ether oxygens (including phenoxy) is 2. The van der Waals surface area contributed by atoms with Crippen molar-refractivity contribution in [3.63, 3.8) is 0 Å². The maximum Gasteiger partial charge on any atom is 0.184 e. The molecule has 0 atom stereocenters. The molecule has 0 aromatic heterocycles. The summed E-state index contributed by atoms with van der Waals surface area (Å²) in [5, 5.41) is 0.788. The number of halogens is 9. The van der Waals surface area contributed by atoms with Gasteiger partial charge in [0, 0.05) is 60.9 Å². The van der Waals surface area contributed by atoms with Gasteiger partial charge in [0.05, 0.1) is 0 Å². The lowest BCUT2D eigenvalue weighted by molar-refractivity contribution is -0.106. The summed E-state index contributed by atoms with van der Waals surface area (Å²) in [6.45, 7) is 0. The SMILES string of the molecule is COC(OC)c1cc(Br)c(/C=C\c2cc(Br)c(/C=C\c3cc(Br)c(/C=C\c4cc(Br)c(CBr)cc4Br)cc3Br)cc2Br)cc1Br. The molecule has 0 aliphatic heterocycles. The molecule has 0 bridgehead atoms. The minimum absolute atomic E-state index is 0.450. The molecule has 0 heterocycles. The molecule has 0 aliphatic carbocycles. The van der Waals surface area contributed by atoms with Crippen LogP contribution in [-0.2, 0) is 14.8 Å². The van der Waals surface area contributed by atoms with Crippen LogP contribution >= 0.6 is 143 Å². The molecule has 234 valence electrons. The van der Waals surface area contributed by atoms with Crippen LogP contribution in [0.25, 0.3) is 36.5 Å². The Morgan fingerprint density at radius 3 is 1.07 bits per heavy atom. The number of benzene rings is 4. The van der Waals surface area contributed by atoms with Gasteiger partial charge in [-0.1, -0.05) is 180 Å². The van der Waals surface area contributed by atoms with Crippen LogP contribution in [-0.4, -0.2) is 14.2 Å². The first kappa shape index (κ1) is 38.1. The van der Waals surface area contributed by atoms with Crippen molar-refractivity contribution in [1.82, 2.24) is 0 Å². The predicted molar refractivity (Wildman–Crippen MR) is 224 cm³/mol. The predicted octanol–water partition coefficient (Wildman–Crippen LogP) is 15.5. The van der Waals surface area contributed by atoms with E-state index in [4.69, 9.17) is 9.47 Å². The summed E-state index contributed by atoms with van der Waals surface area (Å²) >= 11 is 33.3. The summed E-state index contributed by atoms with van der Waals surface area (Å²) in [4.78, 5) is 0. The highest BCUT2D eigenvalue weighted by molar-refractivity contribution is 9.12. The molecule has 0 aliphatic rings. The molecule has 0 saturated carbocycles. The number of alkyl halides is 1. The highest BCUT2D eigenvalue weighted by Gasteiger charge is 2.15. The summed E-state index contributed by atoms with van der Waals surface area (Å²) in [5.41, 5.74) is 8.42. The summed E-state index contributed by atoms with van der Waals surface area (Å²) < 4.78 is 18.7. The van der Waals surface area contributed by atoms with Crippen LogP contribution in [0.15, 0.2) is 84.3 Å². The minimum atomic E-state index is -0.450. The maximum atomic E-state index is 5.41. The molecule has 0 N–H and O–H groups in total. The fourth-order valence-corrected chi connectivity index (χ4v) is 9.15. The van der Waals surface area contributed by atoms with Crippen molar-refractivity contribution < 1.29 is 9.47 Å². The monoisotopic (exact) mass is 1170 g/mol. The van der Waals surface area contributed by atoms with Crippen molar-refractivity contribution in [2.45, 2.75) is 11.6 Å². The average Bonchev–Trinajstić information content (AvgIpc) is 3.00. The maximum absolute atomic E-state index is 5.41. The second-order valence-electron chi connectivity index (χ2n) is 9.59. The number of hydrogen-bond donors (Lipinski definition) is 0. The van der Waals surface area contributed by atoms with Crippen LogP contribution in [0, 0.1) is 0 Å². The third-order valence-corrected chi connectivity index (χ3v) is 12.8. The Labute approximate surface area is 339 Å². The highest BCUT2D eigenvalue weighted by Crippen LogP contribution is 2.35. The van der Waals surface area contributed by atoms with Crippen molar-refractivity contribution >= 4 is 180 Å². The molecule has 0 amide bonds. The van der Waals surface area contributed by atoms with Gasteiger partial charge in [-0.25, -0.2) is 0 Å². The van der Waals surface area contributed by atoms with Crippen molar-refractivity contribution in [2.75, 3.05) is 14.2 Å². The Balaban J connectivity index is 1.53. The molecule has 0 radical (unpaired) electrons. The number of methoxy groups -OCH3 is 2. The first-order valence-corrected chi connectivity index (χ1v) is 20.5. The summed E-state index contributed by atoms with van der Waals surface area (Å²) in [6, 6.07) is 16.7. The molecule has 45 heavy (non-hydrogen) atoms. The van der Waals surface area contributed by atoms with Crippen molar-refractivity contribution in [3.8, 4) is 0 Å². The molecular formula is C34H23Br9O2. The molecular weight excluding hydrogens is 1160 g/mol. The van der Waals surface area contributed by atoms with Crippen LogP contribution in [0.1, 0.15) is 50.8 Å². The van der Waals surface area contributed by atoms with E-state index < -0.39 is 6.29 Å². The molecule has 0 fully saturated rings. The normalized spacial score (nSPS) is 12.1. The lowest BCUT2D eigenvalue weighted by atomic mass is 10.1. The molecule has 4 aromatic carbocycles. The van der Waals surface area contributed by atoms with Crippen LogP contribution in [0.4, 0.5) is 0 Å². The largest absolute Gasteiger partial charge is 0.352 e. The van der Waals surface area contributed by atoms with Crippen LogP contribution in [0.2, 0.25) is 0 Å². The Hall–Kier alpha value is 0.340. The average molecular weight is 1180 g/mol. The van der Waals surface area contributed by atoms with E-state index in [0.29, 0.717) is 0 Å². The van der Waals surface area contributed by atoms with Gasteiger partial charge in [-0.2, -0.15) is 0 Å². The van der Waals surface area contributed by atoms with E-state index in [1.54, 1.807) is 14.2 Å². The van der Waals surface area contributed by atoms with Gasteiger partial charge >= 0.3 is 0 Å². The Kier molecular flexibility index (Phi) is 15.1. The van der Waals surface area contributed by atoms with Crippen LogP contribution in [0.5, 0.6) is 0 Å². The van der Waals surface area contributed by atoms with Gasteiger partial charge in [0.25, 0.3) is 0 Å². The third kappa shape index (κ3) is 9.96. The minimum Gasteiger partial charge on any atom is -0.352 e. The Morgan fingerprint density at radius 1 is 0.444 bits per heavy atom. The summed E-state index contributed by atoms with van der Waals surface area (Å²) in [5.74, 6) is 0. The topological polar surface area (TPSA) is 18.5 Å². The van der Waals surface area contributed by atoms with E-state index >= 15 is 0 Å². The van der Waals surface area contributed by atoms with E-state index in [-0.39, 0.29) is 0 Å². The summed E-state index contributed by atoms with van der Waals surface area (Å²) in [7, 11) is 3.24. The van der Waals surface area contributed by atoms with Crippen molar-refractivity contribution in [2.24, 2.45) is 0 Å². The van der Waals surface area contributed by atoms with Gasteiger partial charge < -0.3 is 9.47 Å². The third-order valence-electron chi connectivity index (χ3n) is 6.67. The first-order valence-electron chi connectivity index (χ1n) is 13.1. The van der Waals surface area contributed by atoms with E-state index in [9.17, 15) is 0 Å². The molecule has 11 heteroatoms. The zero-order valence-corrected chi connectivity index (χ0v) is 37.9. The number of hydrogen-bond acceptors (Lipinski definition) is 2. The smallest absolute Gasteiger partial charge is 0.184 e. The molecule has 4 aromatic rings. The van der Waals surface area contributed by atoms with Gasteiger partial charge in [0.1, 0.15) is 0 Å². The van der Waals surface area contributed by atoms with Gasteiger partial charge in [-0.05, 0) is 87.5 Å². The van der Waals surface area contributed by atoms with Crippen LogP contribution < -0.4 is 0 Å². The van der Waals surface area contributed by atoms with Gasteiger partial charge in [0.15, 0.2) is 6.29 Å². The fourth-order valence-electron chi connectivity index (χ4n) is 4.27. The molecule has 0 unspecified atom stereocenters. The first-order chi connectivity index (χ1) is 21.4. The van der Waals surface area contributed by atoms with E-state index in [1.807, 2.05) is 12.1 Å². The second-order valence-corrected chi connectivity index (χ2v) is 17.0. The van der Waals surface area contributed by atoms with E-state index in [1.165, 1.54) is 5.56 Å². The molecule has 0 saturated heterocycles. The van der Waals surface area contributed by atoms with E-state index in [0.717, 1.165) is 80.1 Å². The van der Waals surface area contributed by atoms with Crippen molar-refractivity contribution in [1.29, 1.82) is 0 Å². The highest BCUT2D eigenvalue weighted by atomic mass is 79.9. The Bertz CT molecular complexity index is 1810. The van der Waals surface area contributed by atoms with Gasteiger partial charge in [-0.15, -0.1) is 0 Å². The number of rotatable bonds is 10. The quantitative estimate of drug-likeness (QED) is 0.0895. The fraction of sp³-hybridized carbons (Fsp3) is 0.118. The molecule has 2 nitrogen and oxygen atoms in total. The lowest BCUT2D eigenvalue weighted by Gasteiger charge is -2.16. The lowest BCUT2D eigenvalue weighted by Crippen LogP contribution is -2.04. The standard InChI is InChI=1S/C34H23Br9O2/c1-44-34(45-2)25-16-32(42)23(14-33(25)43)8-7-21-12-28(38)19(10-29(21)39)4-3-18-9-27(37)20(11-26(18)36)5-6-22-13-31(41)24(17-35)15-30(22)40/h3-16,34H,17H2,1-2H3/b4-3-,6-5-,8-7-. The zero-order chi connectivity index (χ0) is 32.8. The van der Waals surface area contributed by atoms with Crippen LogP contribution in [0.3, 0.4) is 0 Å². The summed E-state index contributed by atoms with van der Waals surface area (Å²) in [6.07, 6.45) is 12.1. The molecule has 0 spiro atoms. The second kappa shape index (κ2) is 17.8. The Morgan fingerprint density at radius 2 is 0.733 bits per heavy atom. The van der Waals surface area contributed by atoms with Gasteiger partial charge in [0.2, 0.25) is 0 Å². The molecule has 4 rings (SSSR count). The van der Waals surface area contributed by atoms with E-state index in [2.05, 4.69) is 216 Å². The van der Waals surface area contributed by atoms with Crippen molar-refractivity contribution in [3.05, 3.63) is 129 Å².